The minimum Gasteiger partial charge on any atom is -0.506 e. The maximum Gasteiger partial charge on any atom is 0.132 e. The molecule has 0 aromatic heterocycles. The third kappa shape index (κ3) is 3.31. The van der Waals surface area contributed by atoms with Gasteiger partial charge in [-0.2, -0.15) is 0 Å². The van der Waals surface area contributed by atoms with E-state index in [0.29, 0.717) is 5.75 Å². The number of aromatic hydroxyl groups is 1. The molecule has 0 spiro atoms. The van der Waals surface area contributed by atoms with Crippen molar-refractivity contribution in [3.05, 3.63) is 28.2 Å². The Labute approximate surface area is 93.3 Å². The summed E-state index contributed by atoms with van der Waals surface area (Å²) in [7, 11) is 0. The van der Waals surface area contributed by atoms with Gasteiger partial charge in [0.25, 0.3) is 0 Å². The van der Waals surface area contributed by atoms with Crippen molar-refractivity contribution in [2.24, 2.45) is 5.73 Å². The highest BCUT2D eigenvalue weighted by Gasteiger charge is 2.12. The molecular weight excluding hydrogens is 242 g/mol. The van der Waals surface area contributed by atoms with E-state index in [1.807, 2.05) is 32.0 Å². The van der Waals surface area contributed by atoms with E-state index in [0.717, 1.165) is 22.9 Å². The zero-order chi connectivity index (χ0) is 10.8. The maximum absolute atomic E-state index is 9.71. The van der Waals surface area contributed by atoms with Gasteiger partial charge in [0.15, 0.2) is 0 Å². The monoisotopic (exact) mass is 257 g/mol. The molecule has 1 aromatic carbocycles. The van der Waals surface area contributed by atoms with E-state index in [1.165, 1.54) is 0 Å². The second-order valence-corrected chi connectivity index (χ2v) is 5.09. The predicted octanol–water partition coefficient (Wildman–Crippen LogP) is 2.82. The van der Waals surface area contributed by atoms with Gasteiger partial charge in [0, 0.05) is 5.54 Å². The first kappa shape index (κ1) is 11.5. The summed E-state index contributed by atoms with van der Waals surface area (Å²) in [5.74, 6) is 0.330. The van der Waals surface area contributed by atoms with Crippen LogP contribution in [0.2, 0.25) is 0 Å². The van der Waals surface area contributed by atoms with Crippen molar-refractivity contribution in [3.8, 4) is 5.75 Å². The summed E-state index contributed by atoms with van der Waals surface area (Å²) >= 11 is 3.29. The Morgan fingerprint density at radius 2 is 2.07 bits per heavy atom. The van der Waals surface area contributed by atoms with E-state index in [4.69, 9.17) is 5.73 Å². The number of para-hydroxylation sites is 1. The molecule has 3 heteroatoms. The fourth-order valence-electron chi connectivity index (χ4n) is 1.22. The largest absolute Gasteiger partial charge is 0.506 e. The smallest absolute Gasteiger partial charge is 0.132 e. The second kappa shape index (κ2) is 4.32. The SMILES string of the molecule is CC(C)(N)CCc1cccc(Br)c1O. The quantitative estimate of drug-likeness (QED) is 0.875. The summed E-state index contributed by atoms with van der Waals surface area (Å²) in [4.78, 5) is 0. The number of halogens is 1. The molecule has 14 heavy (non-hydrogen) atoms. The molecule has 0 radical (unpaired) electrons. The average Bonchev–Trinajstić information content (AvgIpc) is 2.06. The highest BCUT2D eigenvalue weighted by Crippen LogP contribution is 2.28. The molecule has 0 atom stereocenters. The molecule has 2 nitrogen and oxygen atoms in total. The number of aryl methyl sites for hydroxylation is 1. The summed E-state index contributed by atoms with van der Waals surface area (Å²) < 4.78 is 0.741. The molecule has 0 aliphatic heterocycles. The van der Waals surface area contributed by atoms with Crippen LogP contribution in [0.5, 0.6) is 5.75 Å². The molecular formula is C11H16BrNO. The van der Waals surface area contributed by atoms with Gasteiger partial charge >= 0.3 is 0 Å². The van der Waals surface area contributed by atoms with Gasteiger partial charge in [0.05, 0.1) is 4.47 Å². The second-order valence-electron chi connectivity index (χ2n) is 4.24. The molecule has 1 rings (SSSR count). The van der Waals surface area contributed by atoms with Gasteiger partial charge in [-0.1, -0.05) is 12.1 Å². The summed E-state index contributed by atoms with van der Waals surface area (Å²) in [5.41, 5.74) is 6.63. The average molecular weight is 258 g/mol. The molecule has 78 valence electrons. The zero-order valence-electron chi connectivity index (χ0n) is 8.55. The van der Waals surface area contributed by atoms with Crippen molar-refractivity contribution in [1.82, 2.24) is 0 Å². The van der Waals surface area contributed by atoms with Crippen molar-refractivity contribution in [2.75, 3.05) is 0 Å². The first-order chi connectivity index (χ1) is 6.40. The number of nitrogens with two attached hydrogens (primary N) is 1. The third-order valence-electron chi connectivity index (χ3n) is 2.11. The van der Waals surface area contributed by atoms with Crippen LogP contribution in [0.3, 0.4) is 0 Å². The normalized spacial score (nSPS) is 11.7. The van der Waals surface area contributed by atoms with Crippen LogP contribution in [0.1, 0.15) is 25.8 Å². The van der Waals surface area contributed by atoms with Gasteiger partial charge in [-0.25, -0.2) is 0 Å². The number of hydrogen-bond donors (Lipinski definition) is 2. The maximum atomic E-state index is 9.71. The first-order valence-electron chi connectivity index (χ1n) is 4.65. The number of benzene rings is 1. The minimum atomic E-state index is -0.186. The van der Waals surface area contributed by atoms with E-state index in [1.54, 1.807) is 0 Å². The fourth-order valence-corrected chi connectivity index (χ4v) is 1.63. The Bertz CT molecular complexity index is 318. The highest BCUT2D eigenvalue weighted by atomic mass is 79.9. The summed E-state index contributed by atoms with van der Waals surface area (Å²) in [6, 6.07) is 5.67. The van der Waals surface area contributed by atoms with Gasteiger partial charge in [-0.05, 0) is 54.2 Å². The van der Waals surface area contributed by atoms with Crippen LogP contribution in [-0.2, 0) is 6.42 Å². The summed E-state index contributed by atoms with van der Waals surface area (Å²) in [5, 5.41) is 9.71. The lowest BCUT2D eigenvalue weighted by molar-refractivity contribution is 0.446. The summed E-state index contributed by atoms with van der Waals surface area (Å²) in [6.07, 6.45) is 1.66. The Hall–Kier alpha value is -0.540. The van der Waals surface area contributed by atoms with E-state index >= 15 is 0 Å². The van der Waals surface area contributed by atoms with Crippen molar-refractivity contribution in [3.63, 3.8) is 0 Å². The van der Waals surface area contributed by atoms with E-state index < -0.39 is 0 Å². The number of phenols is 1. The molecule has 0 saturated carbocycles. The molecule has 0 bridgehead atoms. The molecule has 0 unspecified atom stereocenters. The lowest BCUT2D eigenvalue weighted by atomic mass is 9.96. The van der Waals surface area contributed by atoms with Crippen LogP contribution in [0.15, 0.2) is 22.7 Å². The lowest BCUT2D eigenvalue weighted by Crippen LogP contribution is -2.32. The van der Waals surface area contributed by atoms with Crippen LogP contribution < -0.4 is 5.73 Å². The van der Waals surface area contributed by atoms with E-state index in [9.17, 15) is 5.11 Å². The Kier molecular flexibility index (Phi) is 3.56. The predicted molar refractivity (Wildman–Crippen MR) is 62.4 cm³/mol. The standard InChI is InChI=1S/C11H16BrNO/c1-11(2,13)7-6-8-4-3-5-9(12)10(8)14/h3-5,14H,6-7,13H2,1-2H3. The van der Waals surface area contributed by atoms with Gasteiger partial charge in [-0.3, -0.25) is 0 Å². The first-order valence-corrected chi connectivity index (χ1v) is 5.45. The van der Waals surface area contributed by atoms with Gasteiger partial charge in [-0.15, -0.1) is 0 Å². The summed E-state index contributed by atoms with van der Waals surface area (Å²) in [6.45, 7) is 3.98. The third-order valence-corrected chi connectivity index (χ3v) is 2.75. The van der Waals surface area contributed by atoms with Crippen molar-refractivity contribution in [2.45, 2.75) is 32.2 Å². The highest BCUT2D eigenvalue weighted by molar-refractivity contribution is 9.10. The van der Waals surface area contributed by atoms with Crippen LogP contribution in [0.4, 0.5) is 0 Å². The van der Waals surface area contributed by atoms with Gasteiger partial charge in [0.1, 0.15) is 5.75 Å². The number of hydrogen-bond acceptors (Lipinski definition) is 2. The van der Waals surface area contributed by atoms with Crippen molar-refractivity contribution >= 4 is 15.9 Å². The molecule has 0 aliphatic carbocycles. The molecule has 3 N–H and O–H groups in total. The fraction of sp³-hybridized carbons (Fsp3) is 0.455. The van der Waals surface area contributed by atoms with E-state index in [-0.39, 0.29) is 5.54 Å². The molecule has 0 saturated heterocycles. The molecule has 0 heterocycles. The Morgan fingerprint density at radius 3 is 2.64 bits per heavy atom. The minimum absolute atomic E-state index is 0.186. The topological polar surface area (TPSA) is 46.2 Å². The van der Waals surface area contributed by atoms with Gasteiger partial charge in [0.2, 0.25) is 0 Å². The van der Waals surface area contributed by atoms with Gasteiger partial charge < -0.3 is 10.8 Å². The number of rotatable bonds is 3. The van der Waals surface area contributed by atoms with Crippen LogP contribution in [-0.4, -0.2) is 10.6 Å². The van der Waals surface area contributed by atoms with Crippen molar-refractivity contribution < 1.29 is 5.11 Å². The molecule has 0 fully saturated rings. The van der Waals surface area contributed by atoms with E-state index in [2.05, 4.69) is 15.9 Å². The Morgan fingerprint density at radius 1 is 1.43 bits per heavy atom. The van der Waals surface area contributed by atoms with Crippen LogP contribution >= 0.6 is 15.9 Å². The zero-order valence-corrected chi connectivity index (χ0v) is 10.1. The lowest BCUT2D eigenvalue weighted by Gasteiger charge is -2.18. The number of phenolic OH excluding ortho intramolecular Hbond substituents is 1. The molecule has 1 aromatic rings. The molecule has 0 aliphatic rings. The molecule has 0 amide bonds. The van der Waals surface area contributed by atoms with Crippen molar-refractivity contribution in [1.29, 1.82) is 0 Å². The van der Waals surface area contributed by atoms with Crippen LogP contribution in [0, 0.1) is 0 Å². The van der Waals surface area contributed by atoms with Crippen LogP contribution in [0.25, 0.3) is 0 Å². The Balaban J connectivity index is 2.73.